The molecule has 0 spiro atoms. The van der Waals surface area contributed by atoms with E-state index in [1.807, 2.05) is 6.92 Å². The molecule has 0 saturated carbocycles. The number of anilines is 1. The van der Waals surface area contributed by atoms with Crippen LogP contribution in [0.25, 0.3) is 0 Å². The van der Waals surface area contributed by atoms with Gasteiger partial charge in [0.05, 0.1) is 5.69 Å². The number of carbonyl (C=O) groups excluding carboxylic acids is 1. The molecule has 0 aromatic heterocycles. The Morgan fingerprint density at radius 2 is 1.81 bits per heavy atom. The van der Waals surface area contributed by atoms with Gasteiger partial charge in [-0.05, 0) is 18.6 Å². The highest BCUT2D eigenvalue weighted by atomic mass is 32.2. The average Bonchev–Trinajstić information content (AvgIpc) is 2.45. The third-order valence-electron chi connectivity index (χ3n) is 2.92. The van der Waals surface area contributed by atoms with Crippen LogP contribution in [-0.2, 0) is 15.0 Å². The fraction of sp³-hybridized carbons (Fsp3) is 0.500. The summed E-state index contributed by atoms with van der Waals surface area (Å²) >= 11 is 0. The molecule has 0 saturated heterocycles. The Labute approximate surface area is 126 Å². The lowest BCUT2D eigenvalue weighted by Gasteiger charge is -2.26. The first kappa shape index (κ1) is 17.5. The Morgan fingerprint density at radius 3 is 2.33 bits per heavy atom. The molecule has 1 aromatic rings. The number of nitrogens with zero attached hydrogens (tertiary/aromatic N) is 2. The lowest BCUT2D eigenvalue weighted by molar-refractivity contribution is -0.119. The predicted molar refractivity (Wildman–Crippen MR) is 84.3 cm³/mol. The summed E-state index contributed by atoms with van der Waals surface area (Å²) in [6, 6.07) is 8.61. The minimum absolute atomic E-state index is 0.228. The van der Waals surface area contributed by atoms with Crippen LogP contribution in [0, 0.1) is 0 Å². The Morgan fingerprint density at radius 1 is 1.19 bits per heavy atom. The zero-order valence-electron chi connectivity index (χ0n) is 12.7. The van der Waals surface area contributed by atoms with Crippen molar-refractivity contribution in [2.24, 2.45) is 0 Å². The molecule has 1 rings (SSSR count). The number of unbranched alkanes of at least 4 members (excludes halogenated alkanes) is 1. The molecule has 0 aliphatic heterocycles. The van der Waals surface area contributed by atoms with E-state index < -0.39 is 10.2 Å². The van der Waals surface area contributed by atoms with Gasteiger partial charge in [0.15, 0.2) is 0 Å². The van der Waals surface area contributed by atoms with E-state index in [1.54, 1.807) is 30.3 Å². The second-order valence-electron chi connectivity index (χ2n) is 4.84. The molecule has 0 aliphatic rings. The van der Waals surface area contributed by atoms with Crippen LogP contribution >= 0.6 is 0 Å². The van der Waals surface area contributed by atoms with Gasteiger partial charge >= 0.3 is 10.2 Å². The summed E-state index contributed by atoms with van der Waals surface area (Å²) in [6.45, 7) is 2.35. The van der Waals surface area contributed by atoms with Gasteiger partial charge in [-0.1, -0.05) is 31.5 Å². The Balaban J connectivity index is 2.92. The third-order valence-corrected chi connectivity index (χ3v) is 4.74. The van der Waals surface area contributed by atoms with Gasteiger partial charge in [0.25, 0.3) is 0 Å². The molecule has 0 aliphatic carbocycles. The average molecular weight is 313 g/mol. The Hall–Kier alpha value is -1.60. The zero-order valence-corrected chi connectivity index (χ0v) is 13.6. The van der Waals surface area contributed by atoms with Gasteiger partial charge in [-0.3, -0.25) is 4.79 Å². The highest BCUT2D eigenvalue weighted by molar-refractivity contribution is 7.90. The van der Waals surface area contributed by atoms with Crippen molar-refractivity contribution in [2.75, 3.05) is 31.5 Å². The maximum Gasteiger partial charge on any atom is 0.304 e. The van der Waals surface area contributed by atoms with Crippen molar-refractivity contribution in [2.45, 2.75) is 19.8 Å². The summed E-state index contributed by atoms with van der Waals surface area (Å²) in [5, 5.41) is 2.73. The monoisotopic (exact) mass is 313 g/mol. The fourth-order valence-corrected chi connectivity index (χ4v) is 2.75. The van der Waals surface area contributed by atoms with E-state index >= 15 is 0 Å². The molecule has 0 heterocycles. The number of para-hydroxylation sites is 1. The molecule has 118 valence electrons. The normalized spacial score (nSPS) is 11.4. The molecule has 1 aromatic carbocycles. The Kier molecular flexibility index (Phi) is 6.64. The van der Waals surface area contributed by atoms with E-state index in [4.69, 9.17) is 0 Å². The van der Waals surface area contributed by atoms with Crippen LogP contribution < -0.4 is 9.62 Å². The highest BCUT2D eigenvalue weighted by Crippen LogP contribution is 2.18. The number of benzene rings is 1. The quantitative estimate of drug-likeness (QED) is 0.734. The molecule has 21 heavy (non-hydrogen) atoms. The van der Waals surface area contributed by atoms with Crippen molar-refractivity contribution in [3.8, 4) is 0 Å². The molecule has 6 nitrogen and oxygen atoms in total. The summed E-state index contributed by atoms with van der Waals surface area (Å²) in [5.74, 6) is -0.308. The predicted octanol–water partition coefficient (Wildman–Crippen LogP) is 1.22. The van der Waals surface area contributed by atoms with Gasteiger partial charge in [-0.2, -0.15) is 12.7 Å². The fourth-order valence-electron chi connectivity index (χ4n) is 1.69. The molecule has 1 amide bonds. The molecule has 0 radical (unpaired) electrons. The smallest absolute Gasteiger partial charge is 0.304 e. The largest absolute Gasteiger partial charge is 0.355 e. The van der Waals surface area contributed by atoms with E-state index in [2.05, 4.69) is 5.32 Å². The minimum Gasteiger partial charge on any atom is -0.355 e. The van der Waals surface area contributed by atoms with Gasteiger partial charge < -0.3 is 5.32 Å². The zero-order chi connectivity index (χ0) is 15.9. The molecule has 1 N–H and O–H groups in total. The van der Waals surface area contributed by atoms with Gasteiger partial charge in [-0.25, -0.2) is 4.31 Å². The van der Waals surface area contributed by atoms with Crippen LogP contribution in [-0.4, -0.2) is 45.8 Å². The van der Waals surface area contributed by atoms with Crippen LogP contribution in [0.5, 0.6) is 0 Å². The van der Waals surface area contributed by atoms with Crippen molar-refractivity contribution in [3.05, 3.63) is 30.3 Å². The number of amides is 1. The number of hydrogen-bond acceptors (Lipinski definition) is 3. The van der Waals surface area contributed by atoms with E-state index in [9.17, 15) is 13.2 Å². The molecular weight excluding hydrogens is 290 g/mol. The van der Waals surface area contributed by atoms with Gasteiger partial charge in [0, 0.05) is 20.6 Å². The van der Waals surface area contributed by atoms with Crippen LogP contribution in [0.1, 0.15) is 19.8 Å². The van der Waals surface area contributed by atoms with Crippen LogP contribution in [0.3, 0.4) is 0 Å². The first-order chi connectivity index (χ1) is 9.89. The van der Waals surface area contributed by atoms with E-state index in [1.165, 1.54) is 14.1 Å². The van der Waals surface area contributed by atoms with E-state index in [0.717, 1.165) is 21.5 Å². The lowest BCUT2D eigenvalue weighted by Crippen LogP contribution is -2.45. The van der Waals surface area contributed by atoms with E-state index in [-0.39, 0.29) is 12.5 Å². The first-order valence-corrected chi connectivity index (χ1v) is 8.31. The van der Waals surface area contributed by atoms with Crippen molar-refractivity contribution in [1.82, 2.24) is 9.62 Å². The second-order valence-corrected chi connectivity index (χ2v) is 6.90. The van der Waals surface area contributed by atoms with Crippen LogP contribution in [0.2, 0.25) is 0 Å². The van der Waals surface area contributed by atoms with Crippen molar-refractivity contribution < 1.29 is 13.2 Å². The molecule has 0 unspecified atom stereocenters. The van der Waals surface area contributed by atoms with Crippen molar-refractivity contribution >= 4 is 21.8 Å². The maximum absolute atomic E-state index is 12.4. The SMILES string of the molecule is CCCCNC(=O)CN(c1ccccc1)S(=O)(=O)N(C)C. The summed E-state index contributed by atoms with van der Waals surface area (Å²) in [4.78, 5) is 11.9. The second kappa shape index (κ2) is 7.99. The maximum atomic E-state index is 12.4. The summed E-state index contributed by atoms with van der Waals surface area (Å²) < 4.78 is 26.9. The third kappa shape index (κ3) is 5.02. The standard InChI is InChI=1S/C14H23N3O3S/c1-4-5-11-15-14(18)12-17(21(19,20)16(2)3)13-9-7-6-8-10-13/h6-10H,4-5,11-12H2,1-3H3,(H,15,18). The van der Waals surface area contributed by atoms with E-state index in [0.29, 0.717) is 12.2 Å². The van der Waals surface area contributed by atoms with Gasteiger partial charge in [-0.15, -0.1) is 0 Å². The summed E-state index contributed by atoms with van der Waals surface area (Å²) in [5.41, 5.74) is 0.469. The lowest BCUT2D eigenvalue weighted by atomic mass is 10.3. The number of nitrogens with one attached hydrogen (secondary N) is 1. The van der Waals surface area contributed by atoms with Gasteiger partial charge in [0.1, 0.15) is 6.54 Å². The molecule has 7 heteroatoms. The molecular formula is C14H23N3O3S. The van der Waals surface area contributed by atoms with Crippen LogP contribution in [0.4, 0.5) is 5.69 Å². The number of carbonyl (C=O) groups is 1. The minimum atomic E-state index is -3.71. The summed E-state index contributed by atoms with van der Waals surface area (Å²) in [6.07, 6.45) is 1.84. The molecule has 0 fully saturated rings. The number of hydrogen-bond donors (Lipinski definition) is 1. The topological polar surface area (TPSA) is 69.7 Å². The van der Waals surface area contributed by atoms with Gasteiger partial charge in [0.2, 0.25) is 5.91 Å². The van der Waals surface area contributed by atoms with Crippen molar-refractivity contribution in [1.29, 1.82) is 0 Å². The first-order valence-electron chi connectivity index (χ1n) is 6.91. The highest BCUT2D eigenvalue weighted by Gasteiger charge is 2.26. The number of rotatable bonds is 8. The summed E-state index contributed by atoms with van der Waals surface area (Å²) in [7, 11) is -0.822. The van der Waals surface area contributed by atoms with Crippen molar-refractivity contribution in [3.63, 3.8) is 0 Å². The molecule has 0 atom stereocenters. The molecule has 0 bridgehead atoms. The Bertz CT molecular complexity index is 544. The van der Waals surface area contributed by atoms with Crippen LogP contribution in [0.15, 0.2) is 30.3 Å².